The van der Waals surface area contributed by atoms with Crippen LogP contribution in [0.3, 0.4) is 0 Å². The smallest absolute Gasteiger partial charge is 0.496 e. The van der Waals surface area contributed by atoms with Gasteiger partial charge in [0.2, 0.25) is 0 Å². The molecule has 0 amide bonds. The van der Waals surface area contributed by atoms with Gasteiger partial charge in [0.15, 0.2) is 6.00 Å². The Morgan fingerprint density at radius 3 is 2.26 bits per heavy atom. The van der Waals surface area contributed by atoms with Gasteiger partial charge < -0.3 is 14.0 Å². The third kappa shape index (κ3) is 4.35. The molecule has 2 heterocycles. The highest BCUT2D eigenvalue weighted by Crippen LogP contribution is 2.41. The Labute approximate surface area is 160 Å². The van der Waals surface area contributed by atoms with Crippen LogP contribution in [0.4, 0.5) is 0 Å². The molecule has 1 saturated carbocycles. The van der Waals surface area contributed by atoms with Crippen molar-refractivity contribution in [2.75, 3.05) is 13.1 Å². The summed E-state index contributed by atoms with van der Waals surface area (Å²) in [4.78, 5) is 26.7. The molecule has 0 N–H and O–H groups in total. The van der Waals surface area contributed by atoms with E-state index in [1.54, 1.807) is 0 Å². The first kappa shape index (κ1) is 18.5. The molecule has 3 atom stereocenters. The highest BCUT2D eigenvalue weighted by molar-refractivity contribution is 6.51. The molecule has 6 nitrogen and oxygen atoms in total. The zero-order chi connectivity index (χ0) is 18.8. The Kier molecular flexibility index (Phi) is 5.50. The maximum atomic E-state index is 12.4. The predicted octanol–water partition coefficient (Wildman–Crippen LogP) is 2.52. The monoisotopic (exact) mass is 371 g/mol. The SMILES string of the molecule is C[C@@H](C1CCCCC1)N1CC(=O)OB(C2OC2c2ccccc2)OC(=O)C1. The van der Waals surface area contributed by atoms with Crippen LogP contribution in [0.5, 0.6) is 0 Å². The quantitative estimate of drug-likeness (QED) is 0.599. The molecule has 2 saturated heterocycles. The second-order valence-corrected chi connectivity index (χ2v) is 7.82. The summed E-state index contributed by atoms with van der Waals surface area (Å²) in [6, 6.07) is 9.41. The standard InChI is InChI=1S/C20H26BNO5/c1-14(15-8-4-2-5-9-15)22-12-17(23)26-21(27-18(24)13-22)20-19(25-20)16-10-6-3-7-11-16/h3,6-7,10-11,14-15,19-20H,2,4-5,8-9,12-13H2,1H3/t14-,19?,20?/m0/s1. The Morgan fingerprint density at radius 2 is 1.63 bits per heavy atom. The Balaban J connectivity index is 1.38. The van der Waals surface area contributed by atoms with Crippen molar-refractivity contribution in [2.24, 2.45) is 5.92 Å². The number of rotatable bonds is 4. The third-order valence-electron chi connectivity index (χ3n) is 5.99. The molecule has 1 aromatic rings. The fourth-order valence-electron chi connectivity index (χ4n) is 4.32. The van der Waals surface area contributed by atoms with Crippen LogP contribution >= 0.6 is 0 Å². The number of nitrogens with zero attached hydrogens (tertiary/aromatic N) is 1. The Morgan fingerprint density at radius 1 is 1.00 bits per heavy atom. The molecule has 2 aliphatic heterocycles. The van der Waals surface area contributed by atoms with E-state index < -0.39 is 13.1 Å². The van der Waals surface area contributed by atoms with E-state index in [9.17, 15) is 9.59 Å². The van der Waals surface area contributed by atoms with Crippen molar-refractivity contribution in [3.63, 3.8) is 0 Å². The summed E-state index contributed by atoms with van der Waals surface area (Å²) in [6.07, 6.45) is 5.82. The molecule has 144 valence electrons. The highest BCUT2D eigenvalue weighted by Gasteiger charge is 2.56. The molecule has 0 radical (unpaired) electrons. The van der Waals surface area contributed by atoms with E-state index in [-0.39, 0.29) is 37.2 Å². The number of benzene rings is 1. The van der Waals surface area contributed by atoms with Crippen LogP contribution in [-0.4, -0.2) is 49.1 Å². The van der Waals surface area contributed by atoms with E-state index in [1.807, 2.05) is 35.2 Å². The first-order valence-corrected chi connectivity index (χ1v) is 9.95. The zero-order valence-corrected chi connectivity index (χ0v) is 15.7. The van der Waals surface area contributed by atoms with Crippen molar-refractivity contribution >= 4 is 19.1 Å². The summed E-state index contributed by atoms with van der Waals surface area (Å²) < 4.78 is 16.5. The van der Waals surface area contributed by atoms with Gasteiger partial charge in [-0.1, -0.05) is 49.6 Å². The third-order valence-corrected chi connectivity index (χ3v) is 5.99. The number of carbonyl (C=O) groups is 2. The van der Waals surface area contributed by atoms with Gasteiger partial charge in [-0.25, -0.2) is 0 Å². The number of carbonyl (C=O) groups excluding carboxylic acids is 2. The van der Waals surface area contributed by atoms with E-state index >= 15 is 0 Å². The van der Waals surface area contributed by atoms with Crippen molar-refractivity contribution < 1.29 is 23.6 Å². The Bertz CT molecular complexity index is 658. The molecular formula is C20H26BNO5. The van der Waals surface area contributed by atoms with Crippen LogP contribution in [0.1, 0.15) is 50.7 Å². The lowest BCUT2D eigenvalue weighted by Crippen LogP contribution is -2.50. The second kappa shape index (κ2) is 8.03. The maximum absolute atomic E-state index is 12.4. The topological polar surface area (TPSA) is 68.4 Å². The molecule has 0 aromatic heterocycles. The largest absolute Gasteiger partial charge is 0.632 e. The van der Waals surface area contributed by atoms with E-state index in [0.717, 1.165) is 18.4 Å². The Hall–Kier alpha value is -1.86. The molecule has 1 aromatic carbocycles. The minimum absolute atomic E-state index is 0.117. The summed E-state index contributed by atoms with van der Waals surface area (Å²) >= 11 is 0. The van der Waals surface area contributed by atoms with Crippen molar-refractivity contribution in [1.82, 2.24) is 4.90 Å². The van der Waals surface area contributed by atoms with E-state index in [0.29, 0.717) is 5.92 Å². The van der Waals surface area contributed by atoms with Gasteiger partial charge in [0, 0.05) is 6.04 Å². The van der Waals surface area contributed by atoms with Crippen molar-refractivity contribution in [3.05, 3.63) is 35.9 Å². The molecule has 1 aliphatic carbocycles. The van der Waals surface area contributed by atoms with Gasteiger partial charge in [0.1, 0.15) is 6.10 Å². The van der Waals surface area contributed by atoms with E-state index in [4.69, 9.17) is 14.0 Å². The first-order valence-electron chi connectivity index (χ1n) is 9.95. The molecule has 2 unspecified atom stereocenters. The van der Waals surface area contributed by atoms with Crippen LogP contribution in [0.2, 0.25) is 0 Å². The lowest BCUT2D eigenvalue weighted by atomic mass is 9.80. The molecule has 4 rings (SSSR count). The number of ether oxygens (including phenoxy) is 1. The molecule has 0 spiro atoms. The van der Waals surface area contributed by atoms with Gasteiger partial charge in [-0.2, -0.15) is 0 Å². The van der Waals surface area contributed by atoms with Crippen LogP contribution in [0.25, 0.3) is 0 Å². The van der Waals surface area contributed by atoms with Crippen LogP contribution in [0.15, 0.2) is 30.3 Å². The van der Waals surface area contributed by atoms with Crippen molar-refractivity contribution in [2.45, 2.75) is 57.2 Å². The fraction of sp³-hybridized carbons (Fsp3) is 0.600. The summed E-state index contributed by atoms with van der Waals surface area (Å²) in [6.45, 7) is 2.34. The number of hydrogen-bond donors (Lipinski definition) is 0. The average Bonchev–Trinajstić information content (AvgIpc) is 3.47. The summed E-state index contributed by atoms with van der Waals surface area (Å²) in [5.74, 6) is -0.209. The first-order chi connectivity index (χ1) is 13.1. The van der Waals surface area contributed by atoms with E-state index in [1.165, 1.54) is 19.3 Å². The zero-order valence-electron chi connectivity index (χ0n) is 15.7. The molecule has 3 fully saturated rings. The molecule has 0 bridgehead atoms. The minimum atomic E-state index is -0.970. The fourth-order valence-corrected chi connectivity index (χ4v) is 4.32. The molecule has 3 aliphatic rings. The maximum Gasteiger partial charge on any atom is 0.632 e. The van der Waals surface area contributed by atoms with Crippen molar-refractivity contribution in [1.29, 1.82) is 0 Å². The predicted molar refractivity (Wildman–Crippen MR) is 99.6 cm³/mol. The van der Waals surface area contributed by atoms with Gasteiger partial charge in [-0.3, -0.25) is 14.5 Å². The van der Waals surface area contributed by atoms with Gasteiger partial charge in [0.25, 0.3) is 0 Å². The lowest BCUT2D eigenvalue weighted by molar-refractivity contribution is -0.148. The lowest BCUT2D eigenvalue weighted by Gasteiger charge is -2.36. The number of hydrogen-bond acceptors (Lipinski definition) is 6. The van der Waals surface area contributed by atoms with Gasteiger partial charge in [-0.15, -0.1) is 0 Å². The average molecular weight is 371 g/mol. The normalized spacial score (nSPS) is 28.7. The summed E-state index contributed by atoms with van der Waals surface area (Å²) in [5.41, 5.74) is 0.990. The van der Waals surface area contributed by atoms with Gasteiger partial charge in [0.05, 0.1) is 13.1 Å². The van der Waals surface area contributed by atoms with Crippen molar-refractivity contribution in [3.8, 4) is 0 Å². The summed E-state index contributed by atoms with van der Waals surface area (Å²) in [7, 11) is -0.970. The van der Waals surface area contributed by atoms with E-state index in [2.05, 4.69) is 6.92 Å². The molecule has 27 heavy (non-hydrogen) atoms. The van der Waals surface area contributed by atoms with Crippen LogP contribution in [-0.2, 0) is 23.6 Å². The second-order valence-electron chi connectivity index (χ2n) is 7.82. The summed E-state index contributed by atoms with van der Waals surface area (Å²) in [5, 5.41) is 0. The van der Waals surface area contributed by atoms with Crippen LogP contribution < -0.4 is 0 Å². The molecule has 7 heteroatoms. The highest BCUT2D eigenvalue weighted by atomic mass is 16.7. The van der Waals surface area contributed by atoms with Gasteiger partial charge >= 0.3 is 19.1 Å². The van der Waals surface area contributed by atoms with Gasteiger partial charge in [-0.05, 0) is 31.2 Å². The van der Waals surface area contributed by atoms with Crippen LogP contribution in [0, 0.1) is 5.92 Å². The minimum Gasteiger partial charge on any atom is -0.496 e. The number of epoxide rings is 1. The molecular weight excluding hydrogens is 345 g/mol.